The summed E-state index contributed by atoms with van der Waals surface area (Å²) in [7, 11) is 0. The van der Waals surface area contributed by atoms with Crippen molar-refractivity contribution >= 4 is 0 Å². The lowest BCUT2D eigenvalue weighted by atomic mass is 10.2. The SMILES string of the molecule is c1ccc(Cn2cc(CNCCc3ncon3)cn2)cc1. The van der Waals surface area contributed by atoms with Gasteiger partial charge in [-0.2, -0.15) is 10.1 Å². The fourth-order valence-electron chi connectivity index (χ4n) is 2.09. The van der Waals surface area contributed by atoms with E-state index in [4.69, 9.17) is 0 Å². The molecule has 2 heterocycles. The summed E-state index contributed by atoms with van der Waals surface area (Å²) in [5, 5.41) is 11.5. The molecule has 21 heavy (non-hydrogen) atoms. The van der Waals surface area contributed by atoms with Gasteiger partial charge in [-0.25, -0.2) is 0 Å². The van der Waals surface area contributed by atoms with E-state index in [0.717, 1.165) is 31.9 Å². The van der Waals surface area contributed by atoms with Crippen molar-refractivity contribution in [1.29, 1.82) is 0 Å². The Kier molecular flexibility index (Phi) is 4.38. The van der Waals surface area contributed by atoms with Crippen molar-refractivity contribution in [1.82, 2.24) is 25.2 Å². The molecule has 0 spiro atoms. The van der Waals surface area contributed by atoms with Crippen LogP contribution in [0.3, 0.4) is 0 Å². The number of nitrogens with one attached hydrogen (secondary N) is 1. The maximum atomic E-state index is 4.69. The van der Waals surface area contributed by atoms with Crippen LogP contribution in [0.25, 0.3) is 0 Å². The fraction of sp³-hybridized carbons (Fsp3) is 0.267. The third kappa shape index (κ3) is 4.00. The molecule has 0 saturated heterocycles. The molecule has 0 aliphatic carbocycles. The second-order valence-electron chi connectivity index (χ2n) is 4.81. The van der Waals surface area contributed by atoms with Gasteiger partial charge in [-0.3, -0.25) is 4.68 Å². The molecule has 0 radical (unpaired) electrons. The highest BCUT2D eigenvalue weighted by molar-refractivity contribution is 5.15. The Hall–Kier alpha value is -2.47. The van der Waals surface area contributed by atoms with Crippen LogP contribution in [0.1, 0.15) is 17.0 Å². The molecule has 108 valence electrons. The molecule has 0 saturated carbocycles. The molecule has 0 bridgehead atoms. The van der Waals surface area contributed by atoms with Gasteiger partial charge in [0.1, 0.15) is 0 Å². The first kappa shape index (κ1) is 13.5. The molecular weight excluding hydrogens is 266 g/mol. The summed E-state index contributed by atoms with van der Waals surface area (Å²) in [6, 6.07) is 10.3. The molecule has 0 aliphatic rings. The Labute approximate surface area is 122 Å². The van der Waals surface area contributed by atoms with Crippen molar-refractivity contribution in [3.63, 3.8) is 0 Å². The number of nitrogens with zero attached hydrogens (tertiary/aromatic N) is 4. The van der Waals surface area contributed by atoms with Gasteiger partial charge in [0, 0.05) is 31.3 Å². The summed E-state index contributed by atoms with van der Waals surface area (Å²) in [5.41, 5.74) is 2.41. The zero-order valence-electron chi connectivity index (χ0n) is 11.6. The van der Waals surface area contributed by atoms with Crippen molar-refractivity contribution in [2.45, 2.75) is 19.5 Å². The zero-order valence-corrected chi connectivity index (χ0v) is 11.6. The van der Waals surface area contributed by atoms with Crippen LogP contribution in [0, 0.1) is 0 Å². The Balaban J connectivity index is 1.44. The maximum absolute atomic E-state index is 4.69. The topological polar surface area (TPSA) is 68.8 Å². The third-order valence-corrected chi connectivity index (χ3v) is 3.14. The van der Waals surface area contributed by atoms with E-state index in [1.54, 1.807) is 0 Å². The zero-order chi connectivity index (χ0) is 14.3. The fourth-order valence-corrected chi connectivity index (χ4v) is 2.09. The van der Waals surface area contributed by atoms with Gasteiger partial charge in [0.2, 0.25) is 6.39 Å². The highest BCUT2D eigenvalue weighted by Gasteiger charge is 2.01. The molecule has 6 nitrogen and oxygen atoms in total. The molecule has 0 amide bonds. The Morgan fingerprint density at radius 3 is 2.86 bits per heavy atom. The van der Waals surface area contributed by atoms with E-state index >= 15 is 0 Å². The van der Waals surface area contributed by atoms with Crippen molar-refractivity contribution < 1.29 is 4.52 Å². The highest BCUT2D eigenvalue weighted by atomic mass is 16.5. The van der Waals surface area contributed by atoms with Crippen molar-refractivity contribution in [2.24, 2.45) is 0 Å². The molecule has 0 aliphatic heterocycles. The molecule has 3 aromatic rings. The molecular formula is C15H17N5O. The number of hydrogen-bond donors (Lipinski definition) is 1. The van der Waals surface area contributed by atoms with E-state index < -0.39 is 0 Å². The van der Waals surface area contributed by atoms with Gasteiger partial charge >= 0.3 is 0 Å². The molecule has 1 aromatic carbocycles. The van der Waals surface area contributed by atoms with Gasteiger partial charge in [0.05, 0.1) is 12.7 Å². The smallest absolute Gasteiger partial charge is 0.213 e. The first-order valence-electron chi connectivity index (χ1n) is 6.91. The molecule has 3 rings (SSSR count). The quantitative estimate of drug-likeness (QED) is 0.668. The lowest BCUT2D eigenvalue weighted by Crippen LogP contribution is -2.16. The Morgan fingerprint density at radius 1 is 1.14 bits per heavy atom. The summed E-state index contributed by atoms with van der Waals surface area (Å²) < 4.78 is 6.64. The standard InChI is InChI=1S/C15H17N5O/c1-2-4-13(5-3-1)10-20-11-14(9-18-20)8-16-7-6-15-17-12-21-19-15/h1-5,9,11-12,16H,6-8,10H2. The summed E-state index contributed by atoms with van der Waals surface area (Å²) in [5.74, 6) is 0.724. The normalized spacial score (nSPS) is 10.9. The van der Waals surface area contributed by atoms with E-state index in [1.165, 1.54) is 17.5 Å². The Morgan fingerprint density at radius 2 is 2.05 bits per heavy atom. The van der Waals surface area contributed by atoms with Crippen LogP contribution in [0.15, 0.2) is 53.6 Å². The van der Waals surface area contributed by atoms with Crippen LogP contribution in [-0.4, -0.2) is 26.5 Å². The van der Waals surface area contributed by atoms with E-state index in [-0.39, 0.29) is 0 Å². The number of hydrogen-bond acceptors (Lipinski definition) is 5. The minimum Gasteiger partial charge on any atom is -0.343 e. The summed E-state index contributed by atoms with van der Waals surface area (Å²) in [6.07, 6.45) is 6.07. The lowest BCUT2D eigenvalue weighted by Gasteiger charge is -2.01. The van der Waals surface area contributed by atoms with Crippen molar-refractivity contribution in [3.8, 4) is 0 Å². The average Bonchev–Trinajstić information content (AvgIpc) is 3.17. The van der Waals surface area contributed by atoms with E-state index in [2.05, 4.69) is 43.4 Å². The van der Waals surface area contributed by atoms with Gasteiger partial charge in [0.25, 0.3) is 0 Å². The minimum atomic E-state index is 0.724. The number of rotatable bonds is 7. The monoisotopic (exact) mass is 283 g/mol. The van der Waals surface area contributed by atoms with Crippen molar-refractivity contribution in [2.75, 3.05) is 6.54 Å². The summed E-state index contributed by atoms with van der Waals surface area (Å²) >= 11 is 0. The summed E-state index contributed by atoms with van der Waals surface area (Å²) in [4.78, 5) is 3.98. The van der Waals surface area contributed by atoms with E-state index in [9.17, 15) is 0 Å². The maximum Gasteiger partial charge on any atom is 0.213 e. The van der Waals surface area contributed by atoms with Gasteiger partial charge < -0.3 is 9.84 Å². The van der Waals surface area contributed by atoms with Gasteiger partial charge in [0.15, 0.2) is 5.82 Å². The first-order chi connectivity index (χ1) is 10.4. The van der Waals surface area contributed by atoms with Crippen molar-refractivity contribution in [3.05, 3.63) is 66.1 Å². The van der Waals surface area contributed by atoms with Gasteiger partial charge in [-0.1, -0.05) is 35.5 Å². The van der Waals surface area contributed by atoms with Crippen LogP contribution in [0.5, 0.6) is 0 Å². The van der Waals surface area contributed by atoms with Crippen LogP contribution < -0.4 is 5.32 Å². The Bertz CT molecular complexity index is 648. The highest BCUT2D eigenvalue weighted by Crippen LogP contribution is 2.03. The van der Waals surface area contributed by atoms with Gasteiger partial charge in [-0.05, 0) is 5.56 Å². The lowest BCUT2D eigenvalue weighted by molar-refractivity contribution is 0.409. The molecule has 0 fully saturated rings. The molecule has 0 atom stereocenters. The number of aromatic nitrogens is 4. The predicted octanol–water partition coefficient (Wildman–Crippen LogP) is 1.65. The van der Waals surface area contributed by atoms with E-state index in [0.29, 0.717) is 0 Å². The largest absolute Gasteiger partial charge is 0.343 e. The molecule has 6 heteroatoms. The van der Waals surface area contributed by atoms with E-state index in [1.807, 2.05) is 29.1 Å². The van der Waals surface area contributed by atoms with Crippen LogP contribution in [-0.2, 0) is 19.5 Å². The minimum absolute atomic E-state index is 0.724. The first-order valence-corrected chi connectivity index (χ1v) is 6.91. The van der Waals surface area contributed by atoms with Gasteiger partial charge in [-0.15, -0.1) is 0 Å². The second-order valence-corrected chi connectivity index (χ2v) is 4.81. The molecule has 0 unspecified atom stereocenters. The molecule has 1 N–H and O–H groups in total. The summed E-state index contributed by atoms with van der Waals surface area (Å²) in [6.45, 7) is 2.39. The molecule has 2 aromatic heterocycles. The van der Waals surface area contributed by atoms with Crippen LogP contribution in [0.4, 0.5) is 0 Å². The third-order valence-electron chi connectivity index (χ3n) is 3.14. The van der Waals surface area contributed by atoms with Crippen LogP contribution >= 0.6 is 0 Å². The predicted molar refractivity (Wildman–Crippen MR) is 77.5 cm³/mol. The average molecular weight is 283 g/mol. The van der Waals surface area contributed by atoms with Crippen LogP contribution in [0.2, 0.25) is 0 Å². The second kappa shape index (κ2) is 6.81. The number of benzene rings is 1.